The molecule has 0 saturated carbocycles. The minimum absolute atomic E-state index is 0.945. The molecule has 1 nitrogen and oxygen atoms in total. The average molecular weight is 318 g/mol. The van der Waals surface area contributed by atoms with Crippen LogP contribution in [0, 0.1) is 0 Å². The molecule has 116 valence electrons. The van der Waals surface area contributed by atoms with Crippen LogP contribution in [-0.2, 0) is 0 Å². The molecule has 0 spiro atoms. The predicted molar refractivity (Wildman–Crippen MR) is 104 cm³/mol. The Kier molecular flexibility index (Phi) is 2.40. The summed E-state index contributed by atoms with van der Waals surface area (Å²) in [6, 6.07) is 29.9. The zero-order valence-electron chi connectivity index (χ0n) is 13.5. The first kappa shape index (κ1) is 13.0. The standard InChI is InChI=1S/C24H14O/c1-2-8-16-15(7-1)17-10-5-11-18(23(16)17)19-12-6-14-22-24(19)20-9-3-4-13-21(20)25-22/h1-14H. The maximum atomic E-state index is 6.07. The van der Waals surface area contributed by atoms with Gasteiger partial charge in [0.25, 0.3) is 0 Å². The maximum Gasteiger partial charge on any atom is 0.136 e. The van der Waals surface area contributed by atoms with Gasteiger partial charge in [0.05, 0.1) is 0 Å². The van der Waals surface area contributed by atoms with E-state index >= 15 is 0 Å². The molecule has 0 aliphatic heterocycles. The molecule has 1 heterocycles. The van der Waals surface area contributed by atoms with Crippen molar-refractivity contribution >= 4 is 21.9 Å². The van der Waals surface area contributed by atoms with Gasteiger partial charge in [0.15, 0.2) is 0 Å². The zero-order valence-corrected chi connectivity index (χ0v) is 13.5. The van der Waals surface area contributed by atoms with E-state index in [1.807, 2.05) is 12.1 Å². The highest BCUT2D eigenvalue weighted by molar-refractivity contribution is 6.17. The Labute approximate surface area is 145 Å². The number of para-hydroxylation sites is 1. The molecule has 0 saturated heterocycles. The van der Waals surface area contributed by atoms with Crippen LogP contribution >= 0.6 is 0 Å². The minimum atomic E-state index is 0.945. The van der Waals surface area contributed by atoms with Gasteiger partial charge in [0, 0.05) is 10.8 Å². The van der Waals surface area contributed by atoms with Gasteiger partial charge in [0.1, 0.15) is 11.2 Å². The van der Waals surface area contributed by atoms with Crippen LogP contribution in [-0.4, -0.2) is 0 Å². The van der Waals surface area contributed by atoms with Crippen LogP contribution in [0.25, 0.3) is 55.3 Å². The summed E-state index contributed by atoms with van der Waals surface area (Å²) in [7, 11) is 0. The summed E-state index contributed by atoms with van der Waals surface area (Å²) in [5.74, 6) is 0. The molecule has 1 aliphatic rings. The fraction of sp³-hybridized carbons (Fsp3) is 0. The summed E-state index contributed by atoms with van der Waals surface area (Å²) < 4.78 is 6.07. The Morgan fingerprint density at radius 1 is 0.440 bits per heavy atom. The summed E-state index contributed by atoms with van der Waals surface area (Å²) in [5.41, 5.74) is 9.82. The molecule has 0 unspecified atom stereocenters. The second-order valence-electron chi connectivity index (χ2n) is 6.55. The van der Waals surface area contributed by atoms with Gasteiger partial charge >= 0.3 is 0 Å². The monoisotopic (exact) mass is 318 g/mol. The molecular weight excluding hydrogens is 304 g/mol. The van der Waals surface area contributed by atoms with Crippen LogP contribution in [0.2, 0.25) is 0 Å². The molecule has 0 N–H and O–H groups in total. The number of benzene rings is 4. The highest BCUT2D eigenvalue weighted by atomic mass is 16.3. The van der Waals surface area contributed by atoms with Crippen LogP contribution < -0.4 is 0 Å². The van der Waals surface area contributed by atoms with E-state index in [1.165, 1.54) is 44.2 Å². The summed E-state index contributed by atoms with van der Waals surface area (Å²) >= 11 is 0. The van der Waals surface area contributed by atoms with Gasteiger partial charge in [-0.15, -0.1) is 0 Å². The van der Waals surface area contributed by atoms with E-state index in [2.05, 4.69) is 72.8 Å². The van der Waals surface area contributed by atoms with E-state index in [0.29, 0.717) is 0 Å². The van der Waals surface area contributed by atoms with Crippen molar-refractivity contribution in [2.24, 2.45) is 0 Å². The van der Waals surface area contributed by atoms with Crippen LogP contribution in [0.4, 0.5) is 0 Å². The molecule has 1 aliphatic carbocycles. The number of hydrogen-bond donors (Lipinski definition) is 0. The van der Waals surface area contributed by atoms with Gasteiger partial charge < -0.3 is 4.42 Å². The fourth-order valence-corrected chi connectivity index (χ4v) is 4.16. The van der Waals surface area contributed by atoms with Crippen LogP contribution in [0.15, 0.2) is 89.3 Å². The molecule has 4 aromatic carbocycles. The Hall–Kier alpha value is -3.32. The zero-order chi connectivity index (χ0) is 16.4. The third kappa shape index (κ3) is 1.62. The Balaban J connectivity index is 1.72. The molecule has 0 amide bonds. The van der Waals surface area contributed by atoms with E-state index in [-0.39, 0.29) is 0 Å². The van der Waals surface area contributed by atoms with E-state index in [0.717, 1.165) is 11.2 Å². The fourth-order valence-electron chi connectivity index (χ4n) is 4.16. The smallest absolute Gasteiger partial charge is 0.136 e. The second-order valence-corrected chi connectivity index (χ2v) is 6.55. The lowest BCUT2D eigenvalue weighted by Crippen LogP contribution is -2.00. The summed E-state index contributed by atoms with van der Waals surface area (Å²) in [4.78, 5) is 0. The third-order valence-electron chi connectivity index (χ3n) is 5.24. The Bertz CT molecular complexity index is 1290. The number of hydrogen-bond acceptors (Lipinski definition) is 1. The first-order valence-corrected chi connectivity index (χ1v) is 8.55. The quantitative estimate of drug-likeness (QED) is 0.321. The van der Waals surface area contributed by atoms with E-state index in [1.54, 1.807) is 0 Å². The normalized spacial score (nSPS) is 12.0. The van der Waals surface area contributed by atoms with Gasteiger partial charge in [-0.05, 0) is 45.5 Å². The van der Waals surface area contributed by atoms with Crippen LogP contribution in [0.1, 0.15) is 0 Å². The van der Waals surface area contributed by atoms with Gasteiger partial charge in [-0.1, -0.05) is 72.8 Å². The van der Waals surface area contributed by atoms with Crippen molar-refractivity contribution in [1.29, 1.82) is 0 Å². The lowest BCUT2D eigenvalue weighted by Gasteiger charge is -2.27. The Morgan fingerprint density at radius 3 is 1.96 bits per heavy atom. The van der Waals surface area contributed by atoms with Gasteiger partial charge in [-0.2, -0.15) is 0 Å². The minimum Gasteiger partial charge on any atom is -0.456 e. The molecular formula is C24H14O. The van der Waals surface area contributed by atoms with Crippen molar-refractivity contribution in [1.82, 2.24) is 0 Å². The van der Waals surface area contributed by atoms with Crippen molar-refractivity contribution in [3.8, 4) is 33.4 Å². The molecule has 0 atom stereocenters. The summed E-state index contributed by atoms with van der Waals surface area (Å²) in [6.45, 7) is 0. The second kappa shape index (κ2) is 4.61. The molecule has 0 fully saturated rings. The van der Waals surface area contributed by atoms with Crippen LogP contribution in [0.3, 0.4) is 0 Å². The van der Waals surface area contributed by atoms with Crippen molar-refractivity contribution in [3.63, 3.8) is 0 Å². The molecule has 25 heavy (non-hydrogen) atoms. The molecule has 5 aromatic rings. The van der Waals surface area contributed by atoms with Crippen molar-refractivity contribution in [2.45, 2.75) is 0 Å². The highest BCUT2D eigenvalue weighted by Gasteiger charge is 2.26. The first-order chi connectivity index (χ1) is 12.4. The van der Waals surface area contributed by atoms with Crippen molar-refractivity contribution < 1.29 is 4.42 Å². The molecule has 1 heteroatoms. The molecule has 0 radical (unpaired) electrons. The first-order valence-electron chi connectivity index (χ1n) is 8.55. The lowest BCUT2D eigenvalue weighted by molar-refractivity contribution is 0.669. The number of furan rings is 1. The lowest BCUT2D eigenvalue weighted by atomic mass is 9.76. The van der Waals surface area contributed by atoms with Crippen molar-refractivity contribution in [2.75, 3.05) is 0 Å². The summed E-state index contributed by atoms with van der Waals surface area (Å²) in [5, 5.41) is 2.38. The molecule has 1 aromatic heterocycles. The van der Waals surface area contributed by atoms with Gasteiger partial charge in [0.2, 0.25) is 0 Å². The van der Waals surface area contributed by atoms with Gasteiger partial charge in [-0.3, -0.25) is 0 Å². The maximum absolute atomic E-state index is 6.07. The number of rotatable bonds is 1. The largest absolute Gasteiger partial charge is 0.456 e. The highest BCUT2D eigenvalue weighted by Crippen LogP contribution is 2.52. The molecule has 0 bridgehead atoms. The van der Waals surface area contributed by atoms with E-state index in [9.17, 15) is 0 Å². The van der Waals surface area contributed by atoms with E-state index in [4.69, 9.17) is 4.42 Å². The van der Waals surface area contributed by atoms with Crippen molar-refractivity contribution in [3.05, 3.63) is 84.9 Å². The molecule has 6 rings (SSSR count). The average Bonchev–Trinajstić information content (AvgIpc) is 3.04. The third-order valence-corrected chi connectivity index (χ3v) is 5.24. The Morgan fingerprint density at radius 2 is 1.04 bits per heavy atom. The SMILES string of the molecule is c1ccc2c(c1)-c1cccc(-c3cccc4oc5ccccc5c34)c1-2. The topological polar surface area (TPSA) is 13.1 Å². The van der Waals surface area contributed by atoms with Gasteiger partial charge in [-0.25, -0.2) is 0 Å². The number of fused-ring (bicyclic) bond motifs is 7. The summed E-state index contributed by atoms with van der Waals surface area (Å²) in [6.07, 6.45) is 0. The van der Waals surface area contributed by atoms with E-state index < -0.39 is 0 Å². The van der Waals surface area contributed by atoms with Crippen LogP contribution in [0.5, 0.6) is 0 Å². The predicted octanol–water partition coefficient (Wildman–Crippen LogP) is 6.90.